The molecule has 2 fully saturated rings. The highest BCUT2D eigenvalue weighted by Gasteiger charge is 2.47. The summed E-state index contributed by atoms with van der Waals surface area (Å²) in [7, 11) is 5.00. The maximum absolute atomic E-state index is 13.6. The number of rotatable bonds is 6. The van der Waals surface area contributed by atoms with Crippen molar-refractivity contribution in [2.45, 2.75) is 13.0 Å². The number of nitrogens with zero attached hydrogens (tertiary/aromatic N) is 3. The van der Waals surface area contributed by atoms with Crippen LogP contribution in [0.15, 0.2) is 66.2 Å². The second-order valence-corrected chi connectivity index (χ2v) is 10.5. The maximum atomic E-state index is 13.6. The lowest BCUT2D eigenvalue weighted by molar-refractivity contribution is -0.132. The van der Waals surface area contributed by atoms with Gasteiger partial charge in [0, 0.05) is 43.6 Å². The van der Waals surface area contributed by atoms with E-state index in [1.807, 2.05) is 55.5 Å². The Morgan fingerprint density at radius 1 is 0.900 bits per heavy atom. The summed E-state index contributed by atoms with van der Waals surface area (Å²) < 4.78 is 10.8. The van der Waals surface area contributed by atoms with Crippen molar-refractivity contribution in [3.05, 3.63) is 87.9 Å². The predicted molar refractivity (Wildman–Crippen MR) is 157 cm³/mol. The number of aliphatic hydroxyl groups excluding tert-OH is 1. The van der Waals surface area contributed by atoms with Crippen LogP contribution in [0.5, 0.6) is 11.5 Å². The van der Waals surface area contributed by atoms with Crippen LogP contribution in [-0.4, -0.2) is 69.1 Å². The molecule has 0 aromatic heterocycles. The molecule has 0 radical (unpaired) electrons. The lowest BCUT2D eigenvalue weighted by Gasteiger charge is -2.34. The zero-order valence-corrected chi connectivity index (χ0v) is 23.7. The van der Waals surface area contributed by atoms with E-state index in [-0.39, 0.29) is 27.7 Å². The summed E-state index contributed by atoms with van der Waals surface area (Å²) in [4.78, 5) is 33.3. The van der Waals surface area contributed by atoms with Gasteiger partial charge in [0.1, 0.15) is 17.3 Å². The second kappa shape index (κ2) is 11.2. The van der Waals surface area contributed by atoms with Crippen molar-refractivity contribution in [1.29, 1.82) is 0 Å². The number of aryl methyl sites for hydroxylation is 1. The van der Waals surface area contributed by atoms with E-state index >= 15 is 0 Å². The van der Waals surface area contributed by atoms with Gasteiger partial charge in [-0.05, 0) is 49.9 Å². The number of likely N-dealkylation sites (N-methyl/N-ethyl adjacent to an activating group) is 1. The molecule has 0 spiro atoms. The van der Waals surface area contributed by atoms with Crippen LogP contribution in [0, 0.1) is 6.92 Å². The number of benzene rings is 3. The highest BCUT2D eigenvalue weighted by molar-refractivity contribution is 6.51. The number of anilines is 2. The third-order valence-electron chi connectivity index (χ3n) is 7.53. The fourth-order valence-electron chi connectivity index (χ4n) is 5.33. The van der Waals surface area contributed by atoms with Crippen LogP contribution < -0.4 is 19.3 Å². The molecule has 1 unspecified atom stereocenters. The summed E-state index contributed by atoms with van der Waals surface area (Å²) in [6.45, 7) is 5.71. The quantitative estimate of drug-likeness (QED) is 0.256. The van der Waals surface area contributed by atoms with Crippen LogP contribution in [0.4, 0.5) is 11.4 Å². The molecule has 1 atom stereocenters. The van der Waals surface area contributed by atoms with Gasteiger partial charge in [-0.3, -0.25) is 14.5 Å². The van der Waals surface area contributed by atoms with Crippen LogP contribution in [0.2, 0.25) is 5.02 Å². The van der Waals surface area contributed by atoms with E-state index in [9.17, 15) is 14.7 Å². The van der Waals surface area contributed by atoms with Crippen molar-refractivity contribution in [1.82, 2.24) is 4.90 Å². The Labute approximate surface area is 239 Å². The molecule has 0 saturated carbocycles. The largest absolute Gasteiger partial charge is 0.507 e. The van der Waals surface area contributed by atoms with Gasteiger partial charge >= 0.3 is 0 Å². The van der Waals surface area contributed by atoms with Crippen molar-refractivity contribution in [2.24, 2.45) is 0 Å². The fourth-order valence-corrected chi connectivity index (χ4v) is 5.56. The fraction of sp³-hybridized carbons (Fsp3) is 0.290. The average Bonchev–Trinajstić information content (AvgIpc) is 3.23. The number of ketones is 1. The van der Waals surface area contributed by atoms with Gasteiger partial charge in [0.05, 0.1) is 36.4 Å². The van der Waals surface area contributed by atoms with Crippen LogP contribution in [0.1, 0.15) is 22.7 Å². The molecule has 1 N–H and O–H groups in total. The highest BCUT2D eigenvalue weighted by atomic mass is 35.5. The Morgan fingerprint density at radius 3 is 2.17 bits per heavy atom. The van der Waals surface area contributed by atoms with Gasteiger partial charge in [0.2, 0.25) is 0 Å². The number of halogens is 1. The Morgan fingerprint density at radius 2 is 1.55 bits per heavy atom. The molecule has 5 rings (SSSR count). The topological polar surface area (TPSA) is 82.5 Å². The van der Waals surface area contributed by atoms with E-state index in [0.717, 1.165) is 37.4 Å². The molecule has 2 aliphatic heterocycles. The maximum Gasteiger partial charge on any atom is 0.300 e. The number of amides is 1. The van der Waals surface area contributed by atoms with Gasteiger partial charge in [0.25, 0.3) is 11.7 Å². The van der Waals surface area contributed by atoms with Crippen molar-refractivity contribution in [3.63, 3.8) is 0 Å². The number of hydrogen-bond donors (Lipinski definition) is 1. The number of ether oxygens (including phenoxy) is 2. The molecule has 3 aromatic carbocycles. The van der Waals surface area contributed by atoms with Crippen LogP contribution in [-0.2, 0) is 9.59 Å². The minimum atomic E-state index is -0.860. The van der Waals surface area contributed by atoms with E-state index in [1.165, 1.54) is 31.3 Å². The Hall–Kier alpha value is -4.01. The summed E-state index contributed by atoms with van der Waals surface area (Å²) in [6, 6.07) is 17.4. The SMILES string of the molecule is COc1cc(/C(O)=C2\C(=O)C(=O)N(c3ccc(N4CCN(C)CC4)cc3)C2c2cccc(C)c2)c(OC)cc1Cl. The van der Waals surface area contributed by atoms with Crippen molar-refractivity contribution in [2.75, 3.05) is 57.2 Å². The third-order valence-corrected chi connectivity index (χ3v) is 7.82. The molecule has 0 bridgehead atoms. The van der Waals surface area contributed by atoms with Gasteiger partial charge in [-0.2, -0.15) is 0 Å². The molecular formula is C31H32ClN3O5. The van der Waals surface area contributed by atoms with Crippen molar-refractivity contribution >= 4 is 40.4 Å². The summed E-state index contributed by atoms with van der Waals surface area (Å²) in [5.74, 6) is -1.34. The Kier molecular flexibility index (Phi) is 7.74. The minimum Gasteiger partial charge on any atom is -0.507 e. The number of methoxy groups -OCH3 is 2. The first kappa shape index (κ1) is 27.6. The molecule has 2 aliphatic rings. The molecule has 9 heteroatoms. The first-order chi connectivity index (χ1) is 19.2. The van der Waals surface area contributed by atoms with E-state index in [2.05, 4.69) is 16.8 Å². The molecular weight excluding hydrogens is 530 g/mol. The predicted octanol–water partition coefficient (Wildman–Crippen LogP) is 5.04. The van der Waals surface area contributed by atoms with Crippen molar-refractivity contribution in [3.8, 4) is 11.5 Å². The molecule has 2 heterocycles. The highest BCUT2D eigenvalue weighted by Crippen LogP contribution is 2.45. The van der Waals surface area contributed by atoms with Gasteiger partial charge in [0.15, 0.2) is 0 Å². The van der Waals surface area contributed by atoms with Crippen LogP contribution >= 0.6 is 11.6 Å². The summed E-state index contributed by atoms with van der Waals surface area (Å²) >= 11 is 6.28. The van der Waals surface area contributed by atoms with Crippen LogP contribution in [0.3, 0.4) is 0 Å². The number of piperazine rings is 1. The summed E-state index contributed by atoms with van der Waals surface area (Å²) in [5.41, 5.74) is 3.43. The molecule has 2 saturated heterocycles. The molecule has 208 valence electrons. The first-order valence-corrected chi connectivity index (χ1v) is 13.4. The van der Waals surface area contributed by atoms with E-state index in [0.29, 0.717) is 17.0 Å². The van der Waals surface area contributed by atoms with E-state index in [1.54, 1.807) is 0 Å². The van der Waals surface area contributed by atoms with Gasteiger partial charge in [-0.1, -0.05) is 41.4 Å². The number of Topliss-reactive ketones (excluding diaryl/α,β-unsaturated/α-hetero) is 1. The number of carbonyl (C=O) groups is 2. The summed E-state index contributed by atoms with van der Waals surface area (Å²) in [5, 5.41) is 11.9. The van der Waals surface area contributed by atoms with Gasteiger partial charge < -0.3 is 24.4 Å². The van der Waals surface area contributed by atoms with Crippen LogP contribution in [0.25, 0.3) is 5.76 Å². The molecule has 40 heavy (non-hydrogen) atoms. The second-order valence-electron chi connectivity index (χ2n) is 10.1. The third kappa shape index (κ3) is 5.00. The standard InChI is InChI=1S/C31H32ClN3O5/c1-19-6-5-7-20(16-19)28-27(29(36)23-17-26(40-4)24(32)18-25(23)39-3)30(37)31(38)35(28)22-10-8-21(9-11-22)34-14-12-33(2)13-15-34/h5-11,16-18,28,36H,12-15H2,1-4H3/b29-27+. The monoisotopic (exact) mass is 561 g/mol. The number of aliphatic hydroxyl groups is 1. The first-order valence-electron chi connectivity index (χ1n) is 13.1. The summed E-state index contributed by atoms with van der Waals surface area (Å²) in [6.07, 6.45) is 0. The smallest absolute Gasteiger partial charge is 0.300 e. The zero-order valence-electron chi connectivity index (χ0n) is 23.0. The minimum absolute atomic E-state index is 0.0404. The van der Waals surface area contributed by atoms with Crippen molar-refractivity contribution < 1.29 is 24.2 Å². The average molecular weight is 562 g/mol. The zero-order chi connectivity index (χ0) is 28.6. The van der Waals surface area contributed by atoms with E-state index < -0.39 is 17.7 Å². The normalized spacial score (nSPS) is 19.3. The molecule has 1 amide bonds. The van der Waals surface area contributed by atoms with Gasteiger partial charge in [-0.15, -0.1) is 0 Å². The number of hydrogen-bond acceptors (Lipinski definition) is 7. The lowest BCUT2D eigenvalue weighted by Crippen LogP contribution is -2.44. The Balaban J connectivity index is 1.63. The molecule has 3 aromatic rings. The molecule has 0 aliphatic carbocycles. The number of carbonyl (C=O) groups excluding carboxylic acids is 2. The Bertz CT molecular complexity index is 1480. The molecule has 8 nitrogen and oxygen atoms in total. The van der Waals surface area contributed by atoms with E-state index in [4.69, 9.17) is 21.1 Å². The lowest BCUT2D eigenvalue weighted by atomic mass is 9.94. The van der Waals surface area contributed by atoms with Gasteiger partial charge in [-0.25, -0.2) is 0 Å².